The molecule has 1 aliphatic rings. The van der Waals surface area contributed by atoms with Crippen LogP contribution < -0.4 is 5.32 Å². The molecule has 0 radical (unpaired) electrons. The number of nitrogens with zero attached hydrogens (tertiary/aromatic N) is 3. The molecule has 0 bridgehead atoms. The summed E-state index contributed by atoms with van der Waals surface area (Å²) in [6.45, 7) is 6.30. The number of aromatic nitrogens is 1. The Morgan fingerprint density at radius 3 is 2.35 bits per heavy atom. The summed E-state index contributed by atoms with van der Waals surface area (Å²) >= 11 is 1.34. The highest BCUT2D eigenvalue weighted by molar-refractivity contribution is 7.16. The summed E-state index contributed by atoms with van der Waals surface area (Å²) in [5.74, 6) is -1.43. The van der Waals surface area contributed by atoms with Crippen LogP contribution in [0, 0.1) is 0 Å². The van der Waals surface area contributed by atoms with Crippen LogP contribution in [-0.4, -0.2) is 95.3 Å². The van der Waals surface area contributed by atoms with Gasteiger partial charge >= 0.3 is 12.1 Å². The molecule has 11 nitrogen and oxygen atoms in total. The number of amides is 3. The SMILES string of the molecule is COC/C=C/c1sc(-c2ccccc2)nc1C(=O)N[C@@H](CCC(=O)OC(C)(C)C)C(=O)N1CCN(C(=O)O)CC1. The van der Waals surface area contributed by atoms with Gasteiger partial charge in [0.25, 0.3) is 5.91 Å². The molecule has 2 aromatic rings. The molecule has 1 fully saturated rings. The number of ether oxygens (including phenoxy) is 2. The van der Waals surface area contributed by atoms with E-state index in [-0.39, 0.29) is 44.7 Å². The highest BCUT2D eigenvalue weighted by Crippen LogP contribution is 2.29. The minimum atomic E-state index is -1.05. The smallest absolute Gasteiger partial charge is 0.407 e. The number of thiazole rings is 1. The van der Waals surface area contributed by atoms with Gasteiger partial charge in [-0.15, -0.1) is 11.3 Å². The normalized spacial score (nSPS) is 14.7. The fourth-order valence-electron chi connectivity index (χ4n) is 4.04. The molecule has 12 heteroatoms. The van der Waals surface area contributed by atoms with Crippen LogP contribution >= 0.6 is 11.3 Å². The fourth-order valence-corrected chi connectivity index (χ4v) is 5.04. The Kier molecular flexibility index (Phi) is 10.8. The molecule has 0 unspecified atom stereocenters. The van der Waals surface area contributed by atoms with Gasteiger partial charge in [0.2, 0.25) is 5.91 Å². The lowest BCUT2D eigenvalue weighted by atomic mass is 10.1. The van der Waals surface area contributed by atoms with Crippen molar-refractivity contribution in [1.29, 1.82) is 0 Å². The van der Waals surface area contributed by atoms with Gasteiger partial charge < -0.3 is 29.7 Å². The van der Waals surface area contributed by atoms with E-state index in [9.17, 15) is 24.3 Å². The number of piperazine rings is 1. The van der Waals surface area contributed by atoms with Crippen LogP contribution in [0.3, 0.4) is 0 Å². The van der Waals surface area contributed by atoms with Crippen LogP contribution in [0.5, 0.6) is 0 Å². The summed E-state index contributed by atoms with van der Waals surface area (Å²) in [4.78, 5) is 58.7. The second-order valence-corrected chi connectivity index (χ2v) is 11.2. The maximum atomic E-state index is 13.6. The van der Waals surface area contributed by atoms with Gasteiger partial charge in [-0.3, -0.25) is 14.4 Å². The van der Waals surface area contributed by atoms with Gasteiger partial charge in [0, 0.05) is 45.3 Å². The molecular formula is C28H36N4O7S. The van der Waals surface area contributed by atoms with Gasteiger partial charge in [-0.1, -0.05) is 36.4 Å². The zero-order valence-corrected chi connectivity index (χ0v) is 24.0. The number of methoxy groups -OCH3 is 1. The minimum Gasteiger partial charge on any atom is -0.465 e. The van der Waals surface area contributed by atoms with Crippen LogP contribution in [0.25, 0.3) is 16.6 Å². The second-order valence-electron chi connectivity index (χ2n) is 10.2. The topological polar surface area (TPSA) is 138 Å². The number of esters is 1. The van der Waals surface area contributed by atoms with Crippen molar-refractivity contribution in [2.45, 2.75) is 45.3 Å². The van der Waals surface area contributed by atoms with Crippen LogP contribution in [0.4, 0.5) is 4.79 Å². The number of benzene rings is 1. The molecule has 0 spiro atoms. The number of hydrogen-bond acceptors (Lipinski definition) is 8. The van der Waals surface area contributed by atoms with Crippen LogP contribution in [0.15, 0.2) is 36.4 Å². The lowest BCUT2D eigenvalue weighted by molar-refractivity contribution is -0.155. The van der Waals surface area contributed by atoms with Crippen LogP contribution in [0.1, 0.15) is 49.0 Å². The van der Waals surface area contributed by atoms with E-state index in [2.05, 4.69) is 10.3 Å². The maximum absolute atomic E-state index is 13.6. The molecule has 1 aromatic carbocycles. The number of carboxylic acid groups (broad SMARTS) is 1. The van der Waals surface area contributed by atoms with Crippen molar-refractivity contribution in [3.63, 3.8) is 0 Å². The van der Waals surface area contributed by atoms with E-state index in [0.29, 0.717) is 16.5 Å². The summed E-state index contributed by atoms with van der Waals surface area (Å²) in [6, 6.07) is 8.41. The number of hydrogen-bond donors (Lipinski definition) is 2. The van der Waals surface area contributed by atoms with E-state index < -0.39 is 35.5 Å². The quantitative estimate of drug-likeness (QED) is 0.413. The van der Waals surface area contributed by atoms with Crippen molar-refractivity contribution in [3.05, 3.63) is 47.0 Å². The number of carbonyl (C=O) groups is 4. The van der Waals surface area contributed by atoms with E-state index >= 15 is 0 Å². The highest BCUT2D eigenvalue weighted by atomic mass is 32.1. The first-order chi connectivity index (χ1) is 19.0. The molecule has 1 aromatic heterocycles. The molecule has 1 aliphatic heterocycles. The predicted octanol–water partition coefficient (Wildman–Crippen LogP) is 3.51. The molecule has 1 atom stereocenters. The van der Waals surface area contributed by atoms with Crippen LogP contribution in [-0.2, 0) is 19.1 Å². The van der Waals surface area contributed by atoms with Gasteiger partial charge in [0.1, 0.15) is 22.3 Å². The van der Waals surface area contributed by atoms with Gasteiger partial charge in [-0.05, 0) is 33.3 Å². The zero-order valence-electron chi connectivity index (χ0n) is 23.2. The number of rotatable bonds is 10. The first-order valence-electron chi connectivity index (χ1n) is 13.0. The van der Waals surface area contributed by atoms with Crippen molar-refractivity contribution in [3.8, 4) is 10.6 Å². The summed E-state index contributed by atoms with van der Waals surface area (Å²) in [5, 5.41) is 12.7. The lowest BCUT2D eigenvalue weighted by Crippen LogP contribution is -2.55. The van der Waals surface area contributed by atoms with Crippen molar-refractivity contribution in [1.82, 2.24) is 20.1 Å². The average Bonchev–Trinajstić information content (AvgIpc) is 3.34. The molecule has 2 N–H and O–H groups in total. The molecule has 2 heterocycles. The maximum Gasteiger partial charge on any atom is 0.407 e. The third-order valence-electron chi connectivity index (χ3n) is 5.94. The van der Waals surface area contributed by atoms with Gasteiger partial charge in [0.15, 0.2) is 0 Å². The largest absolute Gasteiger partial charge is 0.465 e. The van der Waals surface area contributed by atoms with E-state index in [1.165, 1.54) is 21.1 Å². The summed E-state index contributed by atoms with van der Waals surface area (Å²) in [7, 11) is 1.57. The first kappa shape index (κ1) is 30.8. The molecular weight excluding hydrogens is 536 g/mol. The third kappa shape index (κ3) is 8.88. The predicted molar refractivity (Wildman–Crippen MR) is 151 cm³/mol. The Morgan fingerprint density at radius 1 is 1.10 bits per heavy atom. The fraction of sp³-hybridized carbons (Fsp3) is 0.464. The first-order valence-corrected chi connectivity index (χ1v) is 13.8. The Balaban J connectivity index is 1.84. The Morgan fingerprint density at radius 2 is 1.75 bits per heavy atom. The standard InChI is InChI=1S/C28H36N4O7S/c1-28(2,3)39-22(33)13-12-20(26(35)31-14-16-32(17-15-31)27(36)37)29-24(34)23-21(11-8-18-38-4)40-25(30-23)19-9-6-5-7-10-19/h5-11,20H,12-18H2,1-4H3,(H,29,34)(H,36,37)/b11-8+/t20-/m0/s1. The molecule has 0 aliphatic carbocycles. The van der Waals surface area contributed by atoms with Crippen molar-refractivity contribution < 1.29 is 33.8 Å². The summed E-state index contributed by atoms with van der Waals surface area (Å²) in [6.07, 6.45) is 2.41. The summed E-state index contributed by atoms with van der Waals surface area (Å²) in [5.41, 5.74) is 0.314. The zero-order chi connectivity index (χ0) is 29.3. The Labute approximate surface area is 237 Å². The van der Waals surface area contributed by atoms with Crippen LogP contribution in [0.2, 0.25) is 0 Å². The van der Waals surface area contributed by atoms with Gasteiger partial charge in [-0.25, -0.2) is 9.78 Å². The average molecular weight is 573 g/mol. The molecule has 0 saturated carbocycles. The molecule has 40 heavy (non-hydrogen) atoms. The van der Waals surface area contributed by atoms with Crippen molar-refractivity contribution >= 4 is 41.3 Å². The Hall–Kier alpha value is -3.77. The van der Waals surface area contributed by atoms with Crippen molar-refractivity contribution in [2.24, 2.45) is 0 Å². The Bertz CT molecular complexity index is 1210. The van der Waals surface area contributed by atoms with Gasteiger partial charge in [0.05, 0.1) is 11.5 Å². The minimum absolute atomic E-state index is 0.0170. The van der Waals surface area contributed by atoms with Crippen molar-refractivity contribution in [2.75, 3.05) is 39.9 Å². The van der Waals surface area contributed by atoms with E-state index in [0.717, 1.165) is 5.56 Å². The highest BCUT2D eigenvalue weighted by Gasteiger charge is 2.32. The molecule has 3 amide bonds. The number of nitrogens with one attached hydrogen (secondary N) is 1. The number of carbonyl (C=O) groups excluding carboxylic acids is 3. The lowest BCUT2D eigenvalue weighted by Gasteiger charge is -2.35. The monoisotopic (exact) mass is 572 g/mol. The molecule has 216 valence electrons. The van der Waals surface area contributed by atoms with E-state index in [1.54, 1.807) is 40.0 Å². The second kappa shape index (κ2) is 14.0. The van der Waals surface area contributed by atoms with Gasteiger partial charge in [-0.2, -0.15) is 0 Å². The molecule has 1 saturated heterocycles. The van der Waals surface area contributed by atoms with E-state index in [4.69, 9.17) is 9.47 Å². The van der Waals surface area contributed by atoms with E-state index in [1.807, 2.05) is 30.3 Å². The third-order valence-corrected chi connectivity index (χ3v) is 7.01. The molecule has 3 rings (SSSR count). The summed E-state index contributed by atoms with van der Waals surface area (Å²) < 4.78 is 10.5.